The van der Waals surface area contributed by atoms with Crippen LogP contribution in [-0.2, 0) is 6.61 Å². The highest BCUT2D eigenvalue weighted by atomic mass is 79.9. The molecule has 0 saturated carbocycles. The average Bonchev–Trinajstić information content (AvgIpc) is 2.20. The molecule has 0 radical (unpaired) electrons. The van der Waals surface area contributed by atoms with Crippen molar-refractivity contribution in [3.8, 4) is 5.75 Å². The number of hydrogen-bond donors (Lipinski definition) is 1. The fraction of sp³-hybridized carbons (Fsp3) is 0.500. The molecule has 3 heteroatoms. The smallest absolute Gasteiger partial charge is 0.138 e. The summed E-state index contributed by atoms with van der Waals surface area (Å²) < 4.78 is 6.56. The lowest BCUT2D eigenvalue weighted by atomic mass is 10.1. The molecule has 0 aliphatic carbocycles. The van der Waals surface area contributed by atoms with Gasteiger partial charge in [0.05, 0.1) is 17.7 Å². The van der Waals surface area contributed by atoms with E-state index in [1.54, 1.807) is 0 Å². The van der Waals surface area contributed by atoms with Crippen molar-refractivity contribution in [2.45, 2.75) is 26.9 Å². The number of ether oxygens (including phenoxy) is 1. The summed E-state index contributed by atoms with van der Waals surface area (Å²) in [5.41, 5.74) is 0.827. The maximum absolute atomic E-state index is 9.15. The van der Waals surface area contributed by atoms with Crippen LogP contribution >= 0.6 is 15.9 Å². The Morgan fingerprint density at radius 1 is 1.40 bits per heavy atom. The molecule has 1 rings (SSSR count). The SMILES string of the molecule is CC(C)CCOc1c(Br)cccc1CO. The third kappa shape index (κ3) is 3.84. The van der Waals surface area contributed by atoms with Crippen molar-refractivity contribution in [1.82, 2.24) is 0 Å². The van der Waals surface area contributed by atoms with Crippen molar-refractivity contribution in [3.05, 3.63) is 28.2 Å². The van der Waals surface area contributed by atoms with Crippen LogP contribution in [0.4, 0.5) is 0 Å². The van der Waals surface area contributed by atoms with Crippen molar-refractivity contribution in [2.75, 3.05) is 6.61 Å². The van der Waals surface area contributed by atoms with E-state index in [0.717, 1.165) is 22.2 Å². The van der Waals surface area contributed by atoms with Crippen molar-refractivity contribution >= 4 is 15.9 Å². The van der Waals surface area contributed by atoms with Gasteiger partial charge in [0.25, 0.3) is 0 Å². The highest BCUT2D eigenvalue weighted by molar-refractivity contribution is 9.10. The predicted octanol–water partition coefficient (Wildman–Crippen LogP) is 3.37. The maximum atomic E-state index is 9.15. The molecule has 84 valence electrons. The van der Waals surface area contributed by atoms with Gasteiger partial charge in [-0.2, -0.15) is 0 Å². The van der Waals surface area contributed by atoms with E-state index in [1.807, 2.05) is 18.2 Å². The predicted molar refractivity (Wildman–Crippen MR) is 65.0 cm³/mol. The topological polar surface area (TPSA) is 29.5 Å². The van der Waals surface area contributed by atoms with E-state index in [2.05, 4.69) is 29.8 Å². The molecule has 2 nitrogen and oxygen atoms in total. The molecule has 15 heavy (non-hydrogen) atoms. The number of halogens is 1. The lowest BCUT2D eigenvalue weighted by molar-refractivity contribution is 0.254. The first-order valence-electron chi connectivity index (χ1n) is 5.16. The molecule has 0 heterocycles. The molecule has 0 spiro atoms. The molecule has 1 N–H and O–H groups in total. The maximum Gasteiger partial charge on any atom is 0.138 e. The van der Waals surface area contributed by atoms with Gasteiger partial charge in [0.15, 0.2) is 0 Å². The zero-order chi connectivity index (χ0) is 11.3. The minimum atomic E-state index is 0.0104. The van der Waals surface area contributed by atoms with Gasteiger partial charge < -0.3 is 9.84 Å². The highest BCUT2D eigenvalue weighted by Gasteiger charge is 2.07. The summed E-state index contributed by atoms with van der Waals surface area (Å²) in [7, 11) is 0. The third-order valence-corrected chi connectivity index (χ3v) is 2.78. The Morgan fingerprint density at radius 2 is 2.13 bits per heavy atom. The first kappa shape index (κ1) is 12.5. The number of aliphatic hydroxyl groups excluding tert-OH is 1. The molecule has 0 bridgehead atoms. The average molecular weight is 273 g/mol. The van der Waals surface area contributed by atoms with Gasteiger partial charge in [-0.25, -0.2) is 0 Å². The van der Waals surface area contributed by atoms with E-state index in [1.165, 1.54) is 0 Å². The lowest BCUT2D eigenvalue weighted by Gasteiger charge is -2.12. The molecule has 0 saturated heterocycles. The number of hydrogen-bond acceptors (Lipinski definition) is 2. The molecule has 1 aromatic rings. The summed E-state index contributed by atoms with van der Waals surface area (Å²) in [5, 5.41) is 9.15. The lowest BCUT2D eigenvalue weighted by Crippen LogP contribution is -2.04. The number of para-hydroxylation sites is 1. The Hall–Kier alpha value is -0.540. The Balaban J connectivity index is 2.66. The van der Waals surface area contributed by atoms with Crippen molar-refractivity contribution in [2.24, 2.45) is 5.92 Å². The van der Waals surface area contributed by atoms with Gasteiger partial charge in [0.1, 0.15) is 5.75 Å². The van der Waals surface area contributed by atoms with E-state index in [-0.39, 0.29) is 6.61 Å². The quantitative estimate of drug-likeness (QED) is 0.891. The second-order valence-corrected chi connectivity index (χ2v) is 4.77. The van der Waals surface area contributed by atoms with Gasteiger partial charge >= 0.3 is 0 Å². The van der Waals surface area contributed by atoms with Gasteiger partial charge in [-0.3, -0.25) is 0 Å². The zero-order valence-corrected chi connectivity index (χ0v) is 10.8. The second-order valence-electron chi connectivity index (χ2n) is 3.92. The van der Waals surface area contributed by atoms with Gasteiger partial charge in [-0.1, -0.05) is 26.0 Å². The summed E-state index contributed by atoms with van der Waals surface area (Å²) in [6.07, 6.45) is 1.02. The van der Waals surface area contributed by atoms with Crippen LogP contribution in [0.2, 0.25) is 0 Å². The van der Waals surface area contributed by atoms with Crippen LogP contribution in [0.5, 0.6) is 5.75 Å². The molecule has 0 atom stereocenters. The van der Waals surface area contributed by atoms with Crippen LogP contribution in [0, 0.1) is 5.92 Å². The van der Waals surface area contributed by atoms with Crippen LogP contribution < -0.4 is 4.74 Å². The normalized spacial score (nSPS) is 10.7. The minimum Gasteiger partial charge on any atom is -0.492 e. The van der Waals surface area contributed by atoms with Crippen LogP contribution in [0.15, 0.2) is 22.7 Å². The Morgan fingerprint density at radius 3 is 2.73 bits per heavy atom. The van der Waals surface area contributed by atoms with Crippen LogP contribution in [0.1, 0.15) is 25.8 Å². The number of benzene rings is 1. The van der Waals surface area contributed by atoms with E-state index in [9.17, 15) is 0 Å². The van der Waals surface area contributed by atoms with Crippen LogP contribution in [-0.4, -0.2) is 11.7 Å². The molecule has 1 aromatic carbocycles. The standard InChI is InChI=1S/C12H17BrO2/c1-9(2)6-7-15-12-10(8-14)4-3-5-11(12)13/h3-5,9,14H,6-8H2,1-2H3. The molecule has 0 unspecified atom stereocenters. The monoisotopic (exact) mass is 272 g/mol. The van der Waals surface area contributed by atoms with Gasteiger partial charge in [0, 0.05) is 5.56 Å². The molecule has 0 amide bonds. The summed E-state index contributed by atoms with van der Waals surface area (Å²) >= 11 is 3.42. The van der Waals surface area contributed by atoms with Gasteiger partial charge in [-0.15, -0.1) is 0 Å². The largest absolute Gasteiger partial charge is 0.492 e. The van der Waals surface area contributed by atoms with E-state index < -0.39 is 0 Å². The third-order valence-electron chi connectivity index (χ3n) is 2.16. The summed E-state index contributed by atoms with van der Waals surface area (Å²) in [6.45, 7) is 5.02. The van der Waals surface area contributed by atoms with E-state index in [0.29, 0.717) is 12.5 Å². The Bertz CT molecular complexity index is 310. The fourth-order valence-corrected chi connectivity index (χ4v) is 1.76. The highest BCUT2D eigenvalue weighted by Crippen LogP contribution is 2.29. The molecular formula is C12H17BrO2. The second kappa shape index (κ2) is 6.13. The number of aliphatic hydroxyl groups is 1. The Kier molecular flexibility index (Phi) is 5.12. The van der Waals surface area contributed by atoms with E-state index in [4.69, 9.17) is 9.84 Å². The van der Waals surface area contributed by atoms with Gasteiger partial charge in [-0.05, 0) is 34.3 Å². The number of rotatable bonds is 5. The molecule has 0 aliphatic rings. The van der Waals surface area contributed by atoms with Crippen molar-refractivity contribution in [1.29, 1.82) is 0 Å². The minimum absolute atomic E-state index is 0.0104. The molecule has 0 aliphatic heterocycles. The van der Waals surface area contributed by atoms with Crippen molar-refractivity contribution < 1.29 is 9.84 Å². The van der Waals surface area contributed by atoms with Crippen molar-refractivity contribution in [3.63, 3.8) is 0 Å². The Labute approximate surface area is 99.4 Å². The first-order chi connectivity index (χ1) is 7.15. The molecule has 0 aromatic heterocycles. The zero-order valence-electron chi connectivity index (χ0n) is 9.16. The van der Waals surface area contributed by atoms with Gasteiger partial charge in [0.2, 0.25) is 0 Å². The molecular weight excluding hydrogens is 256 g/mol. The van der Waals surface area contributed by atoms with Crippen LogP contribution in [0.3, 0.4) is 0 Å². The van der Waals surface area contributed by atoms with Crippen LogP contribution in [0.25, 0.3) is 0 Å². The molecule has 0 fully saturated rings. The summed E-state index contributed by atoms with van der Waals surface area (Å²) in [6, 6.07) is 5.68. The summed E-state index contributed by atoms with van der Waals surface area (Å²) in [5.74, 6) is 1.39. The van der Waals surface area contributed by atoms with E-state index >= 15 is 0 Å². The first-order valence-corrected chi connectivity index (χ1v) is 5.95. The summed E-state index contributed by atoms with van der Waals surface area (Å²) in [4.78, 5) is 0. The fourth-order valence-electron chi connectivity index (χ4n) is 1.24.